The molecule has 0 aromatic carbocycles. The van der Waals surface area contributed by atoms with E-state index in [-0.39, 0.29) is 6.09 Å². The highest BCUT2D eigenvalue weighted by atomic mass is 16.6. The highest BCUT2D eigenvalue weighted by Gasteiger charge is 2.48. The fourth-order valence-corrected chi connectivity index (χ4v) is 4.61. The molecular formula is C15H26N2O2. The molecule has 4 nitrogen and oxygen atoms in total. The van der Waals surface area contributed by atoms with Crippen molar-refractivity contribution in [2.45, 2.75) is 64.5 Å². The van der Waals surface area contributed by atoms with Crippen molar-refractivity contribution >= 4 is 6.09 Å². The van der Waals surface area contributed by atoms with Gasteiger partial charge in [0.15, 0.2) is 0 Å². The Morgan fingerprint density at radius 2 is 1.53 bits per heavy atom. The molecule has 0 saturated heterocycles. The van der Waals surface area contributed by atoms with Crippen LogP contribution in [-0.4, -0.2) is 17.7 Å². The zero-order valence-electron chi connectivity index (χ0n) is 12.2. The highest BCUT2D eigenvalue weighted by molar-refractivity contribution is 5.67. The maximum Gasteiger partial charge on any atom is 0.422 e. The Balaban J connectivity index is 1.52. The highest BCUT2D eigenvalue weighted by Crippen LogP contribution is 2.53. The van der Waals surface area contributed by atoms with E-state index in [1.54, 1.807) is 0 Å². The van der Waals surface area contributed by atoms with Crippen molar-refractivity contribution in [2.24, 2.45) is 23.7 Å². The number of rotatable bonds is 2. The summed E-state index contributed by atoms with van der Waals surface area (Å²) in [5, 5.41) is 0. The van der Waals surface area contributed by atoms with Crippen molar-refractivity contribution in [3.05, 3.63) is 0 Å². The smallest absolute Gasteiger partial charge is 0.422 e. The number of hydrogen-bond donors (Lipinski definition) is 2. The molecule has 0 radical (unpaired) electrons. The fraction of sp³-hybridized carbons (Fsp3) is 0.933. The number of nitrogens with one attached hydrogen (secondary N) is 2. The molecule has 4 heteroatoms. The number of carbonyl (C=O) groups excluding carboxylic acids is 1. The Morgan fingerprint density at radius 1 is 1.00 bits per heavy atom. The van der Waals surface area contributed by atoms with Gasteiger partial charge in [-0.1, -0.05) is 0 Å². The van der Waals surface area contributed by atoms with E-state index in [1.165, 1.54) is 32.1 Å². The molecule has 108 valence electrons. The van der Waals surface area contributed by atoms with Crippen LogP contribution >= 0.6 is 0 Å². The SMILES string of the molecule is CC(C)(C)OC(=O)NNC1C2CC3CC(C2)CC1C3. The molecule has 4 rings (SSSR count). The van der Waals surface area contributed by atoms with E-state index in [4.69, 9.17) is 4.74 Å². The number of ether oxygens (including phenoxy) is 1. The van der Waals surface area contributed by atoms with Crippen molar-refractivity contribution in [1.82, 2.24) is 10.9 Å². The molecule has 19 heavy (non-hydrogen) atoms. The van der Waals surface area contributed by atoms with E-state index in [2.05, 4.69) is 10.9 Å². The van der Waals surface area contributed by atoms with Gasteiger partial charge in [-0.25, -0.2) is 10.2 Å². The molecule has 0 aliphatic heterocycles. The molecule has 1 amide bonds. The van der Waals surface area contributed by atoms with Gasteiger partial charge >= 0.3 is 6.09 Å². The van der Waals surface area contributed by atoms with E-state index in [9.17, 15) is 4.79 Å². The lowest BCUT2D eigenvalue weighted by Gasteiger charge is -2.54. The van der Waals surface area contributed by atoms with Gasteiger partial charge < -0.3 is 4.74 Å². The maximum absolute atomic E-state index is 11.7. The largest absolute Gasteiger partial charge is 0.443 e. The monoisotopic (exact) mass is 266 g/mol. The second kappa shape index (κ2) is 4.65. The minimum Gasteiger partial charge on any atom is -0.443 e. The maximum atomic E-state index is 11.7. The van der Waals surface area contributed by atoms with Crippen molar-refractivity contribution in [3.63, 3.8) is 0 Å². The van der Waals surface area contributed by atoms with Crippen LogP contribution in [-0.2, 0) is 4.74 Å². The third-order valence-corrected chi connectivity index (χ3v) is 4.97. The van der Waals surface area contributed by atoms with Crippen LogP contribution in [0, 0.1) is 23.7 Å². The molecule has 0 heterocycles. The van der Waals surface area contributed by atoms with E-state index >= 15 is 0 Å². The molecule has 4 bridgehead atoms. The Bertz CT molecular complexity index is 334. The number of carbonyl (C=O) groups is 1. The topological polar surface area (TPSA) is 50.4 Å². The quantitative estimate of drug-likeness (QED) is 0.756. The van der Waals surface area contributed by atoms with E-state index in [0.29, 0.717) is 6.04 Å². The Labute approximate surface area is 115 Å². The molecule has 4 fully saturated rings. The molecule has 0 atom stereocenters. The first-order chi connectivity index (χ1) is 8.90. The summed E-state index contributed by atoms with van der Waals surface area (Å²) in [7, 11) is 0. The van der Waals surface area contributed by atoms with E-state index in [0.717, 1.165) is 23.7 Å². The fourth-order valence-electron chi connectivity index (χ4n) is 4.61. The molecule has 0 spiro atoms. The van der Waals surface area contributed by atoms with Crippen LogP contribution in [0.3, 0.4) is 0 Å². The summed E-state index contributed by atoms with van der Waals surface area (Å²) in [6, 6.07) is 0.459. The van der Waals surface area contributed by atoms with Crippen LogP contribution in [0.5, 0.6) is 0 Å². The third-order valence-electron chi connectivity index (χ3n) is 4.97. The first-order valence-electron chi connectivity index (χ1n) is 7.65. The minimum absolute atomic E-state index is 0.360. The van der Waals surface area contributed by atoms with Gasteiger partial charge in [0, 0.05) is 6.04 Å². The normalized spacial score (nSPS) is 40.3. The first kappa shape index (κ1) is 13.2. The summed E-state index contributed by atoms with van der Waals surface area (Å²) in [6.07, 6.45) is 6.49. The van der Waals surface area contributed by atoms with Gasteiger partial charge in [-0.2, -0.15) is 0 Å². The summed E-state index contributed by atoms with van der Waals surface area (Å²) in [5.41, 5.74) is 5.58. The Morgan fingerprint density at radius 3 is 2.00 bits per heavy atom. The van der Waals surface area contributed by atoms with Gasteiger partial charge in [0.2, 0.25) is 0 Å². The van der Waals surface area contributed by atoms with Gasteiger partial charge in [0.1, 0.15) is 5.60 Å². The molecule has 4 aliphatic carbocycles. The third kappa shape index (κ3) is 2.88. The van der Waals surface area contributed by atoms with Crippen LogP contribution < -0.4 is 10.9 Å². The molecular weight excluding hydrogens is 240 g/mol. The predicted molar refractivity (Wildman–Crippen MR) is 73.3 cm³/mol. The van der Waals surface area contributed by atoms with Gasteiger partial charge in [-0.3, -0.25) is 5.43 Å². The zero-order chi connectivity index (χ0) is 13.6. The minimum atomic E-state index is -0.435. The summed E-state index contributed by atoms with van der Waals surface area (Å²) in [5.74, 6) is 3.43. The van der Waals surface area contributed by atoms with Crippen LogP contribution in [0.4, 0.5) is 4.79 Å². The summed E-state index contributed by atoms with van der Waals surface area (Å²) < 4.78 is 5.27. The summed E-state index contributed by atoms with van der Waals surface area (Å²) in [6.45, 7) is 5.65. The summed E-state index contributed by atoms with van der Waals surface area (Å²) >= 11 is 0. The van der Waals surface area contributed by atoms with Gasteiger partial charge in [0.05, 0.1) is 0 Å². The standard InChI is InChI=1S/C15H26N2O2/c1-15(2,3)19-14(18)17-16-13-11-5-9-4-10(7-11)8-12(13)6-9/h9-13,16H,4-8H2,1-3H3,(H,17,18). The number of hydrazine groups is 1. The average molecular weight is 266 g/mol. The van der Waals surface area contributed by atoms with Crippen LogP contribution in [0.1, 0.15) is 52.9 Å². The van der Waals surface area contributed by atoms with Crippen LogP contribution in [0.25, 0.3) is 0 Å². The molecule has 2 N–H and O–H groups in total. The molecule has 4 aliphatic rings. The molecule has 4 saturated carbocycles. The van der Waals surface area contributed by atoms with Crippen molar-refractivity contribution in [3.8, 4) is 0 Å². The van der Waals surface area contributed by atoms with Gasteiger partial charge in [-0.05, 0) is 76.5 Å². The van der Waals surface area contributed by atoms with Crippen LogP contribution in [0.2, 0.25) is 0 Å². The molecule has 0 aromatic heterocycles. The van der Waals surface area contributed by atoms with Crippen LogP contribution in [0.15, 0.2) is 0 Å². The van der Waals surface area contributed by atoms with E-state index in [1.807, 2.05) is 20.8 Å². The average Bonchev–Trinajstić information content (AvgIpc) is 2.24. The first-order valence-corrected chi connectivity index (χ1v) is 7.65. The lowest BCUT2D eigenvalue weighted by Crippen LogP contribution is -2.59. The number of hydrogen-bond acceptors (Lipinski definition) is 3. The second-order valence-electron chi connectivity index (χ2n) is 7.73. The van der Waals surface area contributed by atoms with Crippen molar-refractivity contribution in [2.75, 3.05) is 0 Å². The van der Waals surface area contributed by atoms with Gasteiger partial charge in [0.25, 0.3) is 0 Å². The lowest BCUT2D eigenvalue weighted by molar-refractivity contribution is -0.0210. The zero-order valence-corrected chi connectivity index (χ0v) is 12.2. The van der Waals surface area contributed by atoms with E-state index < -0.39 is 5.60 Å². The van der Waals surface area contributed by atoms with Crippen molar-refractivity contribution in [1.29, 1.82) is 0 Å². The van der Waals surface area contributed by atoms with Gasteiger partial charge in [-0.15, -0.1) is 0 Å². The second-order valence-corrected chi connectivity index (χ2v) is 7.73. The molecule has 0 aromatic rings. The van der Waals surface area contributed by atoms with Crippen molar-refractivity contribution < 1.29 is 9.53 Å². The molecule has 0 unspecified atom stereocenters. The lowest BCUT2D eigenvalue weighted by atomic mass is 9.54. The Hall–Kier alpha value is -0.770. The predicted octanol–water partition coefficient (Wildman–Crippen LogP) is 2.84. The summed E-state index contributed by atoms with van der Waals surface area (Å²) in [4.78, 5) is 11.7. The Kier molecular flexibility index (Phi) is 3.24. The number of amides is 1.